The number of hydrogen-bond acceptors (Lipinski definition) is 6. The molecule has 1 amide bonds. The maximum absolute atomic E-state index is 11.7. The summed E-state index contributed by atoms with van der Waals surface area (Å²) in [6, 6.07) is 12.3. The summed E-state index contributed by atoms with van der Waals surface area (Å²) in [5.74, 6) is 1.64. The topological polar surface area (TPSA) is 94.0 Å². The first-order chi connectivity index (χ1) is 12.7. The maximum atomic E-state index is 11.7. The number of nitrogens with zero attached hydrogens (tertiary/aromatic N) is 4. The number of benzene rings is 1. The number of carbonyl (C=O) groups excluding carboxylic acids is 1. The highest BCUT2D eigenvalue weighted by molar-refractivity contribution is 6.30. The van der Waals surface area contributed by atoms with Gasteiger partial charge in [-0.05, 0) is 42.5 Å². The lowest BCUT2D eigenvalue weighted by molar-refractivity contribution is -0.123. The van der Waals surface area contributed by atoms with Crippen molar-refractivity contribution in [2.75, 3.05) is 25.0 Å². The van der Waals surface area contributed by atoms with Crippen molar-refractivity contribution in [3.8, 4) is 11.6 Å². The molecule has 134 valence electrons. The first-order valence-electron chi connectivity index (χ1n) is 7.93. The van der Waals surface area contributed by atoms with Gasteiger partial charge in [0.1, 0.15) is 11.6 Å². The zero-order valence-corrected chi connectivity index (χ0v) is 14.6. The van der Waals surface area contributed by atoms with Crippen LogP contribution in [0.2, 0.25) is 5.02 Å². The van der Waals surface area contributed by atoms with E-state index in [1.807, 2.05) is 6.07 Å². The van der Waals surface area contributed by atoms with Crippen molar-refractivity contribution < 1.29 is 9.53 Å². The molecule has 0 aliphatic rings. The fraction of sp³-hybridized carbons (Fsp3) is 0.176. The van der Waals surface area contributed by atoms with Crippen molar-refractivity contribution in [1.82, 2.24) is 25.3 Å². The van der Waals surface area contributed by atoms with Gasteiger partial charge in [-0.3, -0.25) is 4.79 Å². The molecule has 2 heterocycles. The van der Waals surface area contributed by atoms with Crippen molar-refractivity contribution in [3.05, 3.63) is 59.9 Å². The van der Waals surface area contributed by atoms with Gasteiger partial charge in [0.2, 0.25) is 0 Å². The normalized spacial score (nSPS) is 10.3. The molecule has 0 saturated heterocycles. The summed E-state index contributed by atoms with van der Waals surface area (Å²) in [6.07, 6.45) is 3.46. The minimum absolute atomic E-state index is 0.0556. The van der Waals surface area contributed by atoms with Gasteiger partial charge in [-0.25, -0.2) is 4.68 Å². The van der Waals surface area contributed by atoms with E-state index in [0.717, 1.165) is 0 Å². The average molecular weight is 373 g/mol. The molecule has 3 aromatic rings. The maximum Gasteiger partial charge on any atom is 0.258 e. The van der Waals surface area contributed by atoms with Crippen molar-refractivity contribution in [3.63, 3.8) is 0 Å². The molecule has 8 nitrogen and oxygen atoms in total. The van der Waals surface area contributed by atoms with Crippen LogP contribution in [0.15, 0.2) is 54.9 Å². The summed E-state index contributed by atoms with van der Waals surface area (Å²) < 4.78 is 6.99. The van der Waals surface area contributed by atoms with E-state index in [2.05, 4.69) is 25.9 Å². The number of amides is 1. The SMILES string of the molecule is O=C(COc1ccc(Cl)cc1)NCCNc1ccc(-n2cccn2)nn1. The van der Waals surface area contributed by atoms with Crippen LogP contribution < -0.4 is 15.4 Å². The van der Waals surface area contributed by atoms with E-state index in [1.165, 1.54) is 0 Å². The van der Waals surface area contributed by atoms with Crippen LogP contribution >= 0.6 is 11.6 Å². The number of hydrogen-bond donors (Lipinski definition) is 2. The van der Waals surface area contributed by atoms with Gasteiger partial charge in [0.05, 0.1) is 0 Å². The molecule has 2 aromatic heterocycles. The Labute approximate surface area is 155 Å². The molecule has 0 unspecified atom stereocenters. The third-order valence-corrected chi connectivity index (χ3v) is 3.58. The van der Waals surface area contributed by atoms with E-state index >= 15 is 0 Å². The number of ether oxygens (including phenoxy) is 1. The summed E-state index contributed by atoms with van der Waals surface area (Å²) in [4.78, 5) is 11.7. The van der Waals surface area contributed by atoms with Crippen LogP contribution in [0.5, 0.6) is 5.75 Å². The highest BCUT2D eigenvalue weighted by Crippen LogP contribution is 2.15. The van der Waals surface area contributed by atoms with Gasteiger partial charge in [-0.2, -0.15) is 5.10 Å². The zero-order chi connectivity index (χ0) is 18.2. The molecule has 9 heteroatoms. The van der Waals surface area contributed by atoms with Crippen LogP contribution in [-0.4, -0.2) is 45.6 Å². The van der Waals surface area contributed by atoms with Crippen molar-refractivity contribution in [1.29, 1.82) is 0 Å². The van der Waals surface area contributed by atoms with Gasteiger partial charge in [0, 0.05) is 30.5 Å². The average Bonchev–Trinajstić information content (AvgIpc) is 3.20. The highest BCUT2D eigenvalue weighted by Gasteiger charge is 2.03. The Morgan fingerprint density at radius 1 is 1.12 bits per heavy atom. The van der Waals surface area contributed by atoms with Gasteiger partial charge in [0.25, 0.3) is 5.91 Å². The second-order valence-electron chi connectivity index (χ2n) is 5.25. The lowest BCUT2D eigenvalue weighted by Crippen LogP contribution is -2.32. The van der Waals surface area contributed by atoms with Crippen molar-refractivity contribution in [2.24, 2.45) is 0 Å². The van der Waals surface area contributed by atoms with Gasteiger partial charge in [0.15, 0.2) is 12.4 Å². The molecule has 0 aliphatic heterocycles. The largest absolute Gasteiger partial charge is 0.484 e. The third-order valence-electron chi connectivity index (χ3n) is 3.33. The van der Waals surface area contributed by atoms with Crippen LogP contribution in [0.4, 0.5) is 5.82 Å². The Kier molecular flexibility index (Phi) is 6.00. The Hall–Kier alpha value is -3.13. The Balaban J connectivity index is 1.34. The molecule has 0 spiro atoms. The first-order valence-corrected chi connectivity index (χ1v) is 8.31. The molecule has 0 bridgehead atoms. The fourth-order valence-corrected chi connectivity index (χ4v) is 2.20. The van der Waals surface area contributed by atoms with Crippen LogP contribution in [0.3, 0.4) is 0 Å². The standard InChI is InChI=1S/C17H17ClN6O2/c18-13-2-4-14(5-3-13)26-12-17(25)20-10-9-19-15-6-7-16(23-22-15)24-11-1-8-21-24/h1-8,11H,9-10,12H2,(H,19,22)(H,20,25). The predicted octanol–water partition coefficient (Wildman–Crippen LogP) is 1.92. The van der Waals surface area contributed by atoms with Gasteiger partial charge < -0.3 is 15.4 Å². The monoisotopic (exact) mass is 372 g/mol. The number of nitrogens with one attached hydrogen (secondary N) is 2. The molecule has 1 aromatic carbocycles. The van der Waals surface area contributed by atoms with E-state index in [-0.39, 0.29) is 12.5 Å². The minimum Gasteiger partial charge on any atom is -0.484 e. The number of anilines is 1. The summed E-state index contributed by atoms with van der Waals surface area (Å²) in [5.41, 5.74) is 0. The molecular weight excluding hydrogens is 356 g/mol. The molecule has 0 atom stereocenters. The minimum atomic E-state index is -0.207. The summed E-state index contributed by atoms with van der Waals surface area (Å²) in [5, 5.41) is 18.7. The predicted molar refractivity (Wildman–Crippen MR) is 97.6 cm³/mol. The van der Waals surface area contributed by atoms with E-state index in [1.54, 1.807) is 53.5 Å². The summed E-state index contributed by atoms with van der Waals surface area (Å²) in [7, 11) is 0. The number of halogens is 1. The second-order valence-corrected chi connectivity index (χ2v) is 5.68. The molecule has 26 heavy (non-hydrogen) atoms. The number of aromatic nitrogens is 4. The van der Waals surface area contributed by atoms with Crippen LogP contribution in [0, 0.1) is 0 Å². The smallest absolute Gasteiger partial charge is 0.258 e. The molecule has 2 N–H and O–H groups in total. The number of rotatable bonds is 8. The quantitative estimate of drug-likeness (QED) is 0.587. The zero-order valence-electron chi connectivity index (χ0n) is 13.8. The first kappa shape index (κ1) is 17.7. The van der Waals surface area contributed by atoms with Crippen molar-refractivity contribution >= 4 is 23.3 Å². The van der Waals surface area contributed by atoms with E-state index < -0.39 is 0 Å². The lowest BCUT2D eigenvalue weighted by atomic mass is 10.3. The molecule has 0 radical (unpaired) electrons. The summed E-state index contributed by atoms with van der Waals surface area (Å²) in [6.45, 7) is 0.897. The van der Waals surface area contributed by atoms with E-state index in [9.17, 15) is 4.79 Å². The fourth-order valence-electron chi connectivity index (χ4n) is 2.07. The molecule has 3 rings (SSSR count). The van der Waals surface area contributed by atoms with E-state index in [0.29, 0.717) is 35.5 Å². The van der Waals surface area contributed by atoms with Gasteiger partial charge in [-0.1, -0.05) is 11.6 Å². The summed E-state index contributed by atoms with van der Waals surface area (Å²) >= 11 is 5.79. The van der Waals surface area contributed by atoms with Crippen LogP contribution in [0.25, 0.3) is 5.82 Å². The third kappa shape index (κ3) is 5.18. The van der Waals surface area contributed by atoms with Crippen molar-refractivity contribution in [2.45, 2.75) is 0 Å². The lowest BCUT2D eigenvalue weighted by Gasteiger charge is -2.09. The van der Waals surface area contributed by atoms with E-state index in [4.69, 9.17) is 16.3 Å². The second kappa shape index (κ2) is 8.82. The molecular formula is C17H17ClN6O2. The van der Waals surface area contributed by atoms with Gasteiger partial charge >= 0.3 is 0 Å². The molecule has 0 fully saturated rings. The van der Waals surface area contributed by atoms with Crippen LogP contribution in [0.1, 0.15) is 0 Å². The Morgan fingerprint density at radius 3 is 2.65 bits per heavy atom. The Morgan fingerprint density at radius 2 is 1.96 bits per heavy atom. The highest BCUT2D eigenvalue weighted by atomic mass is 35.5. The molecule has 0 aliphatic carbocycles. The Bertz CT molecular complexity index is 821. The van der Waals surface area contributed by atoms with Crippen LogP contribution in [-0.2, 0) is 4.79 Å². The van der Waals surface area contributed by atoms with Gasteiger partial charge in [-0.15, -0.1) is 10.2 Å². The number of carbonyl (C=O) groups is 1. The molecule has 0 saturated carbocycles.